The number of ether oxygens (including phenoxy) is 1. The van der Waals surface area contributed by atoms with Crippen LogP contribution in [0, 0.1) is 0 Å². The second-order valence-electron chi connectivity index (χ2n) is 3.40. The number of rotatable bonds is 6. The van der Waals surface area contributed by atoms with Gasteiger partial charge in [-0.3, -0.25) is 16.5 Å². The van der Waals surface area contributed by atoms with Gasteiger partial charge in [0.15, 0.2) is 0 Å². The third kappa shape index (κ3) is 5.19. The van der Waals surface area contributed by atoms with Crippen molar-refractivity contribution < 1.29 is 9.73 Å². The standard InChI is InChI=1S/C11H16ClN3OS/c1-16-10-3-2-8(6-9(10)12)7-17-5-4-15-11(13)14/h2-3,6H,4-5,7H2,1H3,(H4,13,14,15)/p+1. The van der Waals surface area contributed by atoms with Gasteiger partial charge in [0.25, 0.3) is 0 Å². The van der Waals surface area contributed by atoms with E-state index in [-0.39, 0.29) is 5.96 Å². The second-order valence-corrected chi connectivity index (χ2v) is 4.92. The zero-order valence-electron chi connectivity index (χ0n) is 9.70. The summed E-state index contributed by atoms with van der Waals surface area (Å²) >= 11 is 7.81. The van der Waals surface area contributed by atoms with Gasteiger partial charge in [0.2, 0.25) is 0 Å². The zero-order valence-corrected chi connectivity index (χ0v) is 11.3. The maximum Gasteiger partial charge on any atom is 0.338 e. The minimum Gasteiger partial charge on any atom is -0.495 e. The highest BCUT2D eigenvalue weighted by Crippen LogP contribution is 2.26. The number of guanidine groups is 1. The van der Waals surface area contributed by atoms with E-state index >= 15 is 0 Å². The third-order valence-corrected chi connectivity index (χ3v) is 3.39. The Balaban J connectivity index is 2.37. The van der Waals surface area contributed by atoms with Crippen molar-refractivity contribution in [1.82, 2.24) is 0 Å². The van der Waals surface area contributed by atoms with Crippen molar-refractivity contribution >= 4 is 29.3 Å². The highest BCUT2D eigenvalue weighted by atomic mass is 35.5. The largest absolute Gasteiger partial charge is 0.495 e. The summed E-state index contributed by atoms with van der Waals surface area (Å²) in [6.45, 7) is 0.761. The van der Waals surface area contributed by atoms with Crippen LogP contribution in [0.15, 0.2) is 18.2 Å². The number of nitrogens with one attached hydrogen (secondary N) is 1. The van der Waals surface area contributed by atoms with E-state index in [0.29, 0.717) is 10.8 Å². The lowest BCUT2D eigenvalue weighted by Gasteiger charge is -2.05. The van der Waals surface area contributed by atoms with Gasteiger partial charge in [-0.25, -0.2) is 0 Å². The first-order chi connectivity index (χ1) is 8.13. The summed E-state index contributed by atoms with van der Waals surface area (Å²) in [4.78, 5) is 2.87. The van der Waals surface area contributed by atoms with Crippen molar-refractivity contribution in [2.24, 2.45) is 11.5 Å². The van der Waals surface area contributed by atoms with Gasteiger partial charge >= 0.3 is 5.96 Å². The number of benzene rings is 1. The van der Waals surface area contributed by atoms with E-state index < -0.39 is 0 Å². The molecule has 0 aromatic heterocycles. The fourth-order valence-electron chi connectivity index (χ4n) is 1.26. The third-order valence-electron chi connectivity index (χ3n) is 2.06. The molecule has 0 saturated heterocycles. The Morgan fingerprint density at radius 3 is 2.82 bits per heavy atom. The predicted octanol–water partition coefficient (Wildman–Crippen LogP) is -0.0642. The molecule has 1 aromatic rings. The van der Waals surface area contributed by atoms with Crippen LogP contribution in [0.2, 0.25) is 5.02 Å². The lowest BCUT2D eigenvalue weighted by molar-refractivity contribution is -0.453. The SMILES string of the molecule is COc1ccc(CSCC[NH+]=C(N)N)cc1Cl. The van der Waals surface area contributed by atoms with Crippen LogP contribution in [0.25, 0.3) is 0 Å². The van der Waals surface area contributed by atoms with Gasteiger partial charge in [0, 0.05) is 11.5 Å². The molecule has 17 heavy (non-hydrogen) atoms. The fraction of sp³-hybridized carbons (Fsp3) is 0.364. The zero-order chi connectivity index (χ0) is 12.7. The summed E-state index contributed by atoms with van der Waals surface area (Å²) in [6.07, 6.45) is 0. The first-order valence-electron chi connectivity index (χ1n) is 5.15. The Morgan fingerprint density at radius 1 is 1.47 bits per heavy atom. The quantitative estimate of drug-likeness (QED) is 0.386. The number of hydrogen-bond donors (Lipinski definition) is 3. The van der Waals surface area contributed by atoms with Crippen molar-refractivity contribution in [3.63, 3.8) is 0 Å². The number of halogens is 1. The Hall–Kier alpha value is -1.07. The molecule has 0 bridgehead atoms. The molecule has 0 heterocycles. The average molecular weight is 275 g/mol. The van der Waals surface area contributed by atoms with Crippen LogP contribution in [0.5, 0.6) is 5.75 Å². The molecule has 4 nitrogen and oxygen atoms in total. The van der Waals surface area contributed by atoms with Crippen molar-refractivity contribution in [3.05, 3.63) is 28.8 Å². The van der Waals surface area contributed by atoms with Crippen LogP contribution in [-0.4, -0.2) is 25.4 Å². The summed E-state index contributed by atoms with van der Waals surface area (Å²) in [7, 11) is 1.61. The number of hydrogen-bond acceptors (Lipinski definition) is 2. The molecule has 0 amide bonds. The highest BCUT2D eigenvalue weighted by Gasteiger charge is 2.01. The lowest BCUT2D eigenvalue weighted by Crippen LogP contribution is -2.78. The van der Waals surface area contributed by atoms with Crippen molar-refractivity contribution in [3.8, 4) is 5.75 Å². The summed E-state index contributed by atoms with van der Waals surface area (Å²) in [5.74, 6) is 2.79. The van der Waals surface area contributed by atoms with Gasteiger partial charge in [-0.2, -0.15) is 11.8 Å². The van der Waals surface area contributed by atoms with Crippen LogP contribution in [0.3, 0.4) is 0 Å². The Morgan fingerprint density at radius 2 is 2.24 bits per heavy atom. The highest BCUT2D eigenvalue weighted by molar-refractivity contribution is 7.98. The molecule has 0 saturated carbocycles. The van der Waals surface area contributed by atoms with Crippen LogP contribution < -0.4 is 21.2 Å². The molecule has 1 aromatic carbocycles. The molecule has 0 radical (unpaired) electrons. The van der Waals surface area contributed by atoms with Gasteiger partial charge < -0.3 is 4.74 Å². The molecule has 1 rings (SSSR count). The van der Waals surface area contributed by atoms with Crippen molar-refractivity contribution in [2.45, 2.75) is 5.75 Å². The van der Waals surface area contributed by atoms with Gasteiger partial charge in [0.1, 0.15) is 5.75 Å². The number of thioether (sulfide) groups is 1. The van der Waals surface area contributed by atoms with Gasteiger partial charge in [-0.05, 0) is 17.7 Å². The number of methoxy groups -OCH3 is 1. The number of nitrogens with two attached hydrogens (primary N) is 2. The van der Waals surface area contributed by atoms with Gasteiger partial charge in [-0.15, -0.1) is 0 Å². The smallest absolute Gasteiger partial charge is 0.338 e. The summed E-state index contributed by atoms with van der Waals surface area (Å²) in [6, 6.07) is 5.81. The summed E-state index contributed by atoms with van der Waals surface area (Å²) in [5, 5.41) is 0.642. The monoisotopic (exact) mass is 274 g/mol. The molecule has 0 spiro atoms. The summed E-state index contributed by atoms with van der Waals surface area (Å²) in [5.41, 5.74) is 11.7. The predicted molar refractivity (Wildman–Crippen MR) is 73.4 cm³/mol. The molecule has 0 atom stereocenters. The van der Waals surface area contributed by atoms with E-state index in [0.717, 1.165) is 18.1 Å². The van der Waals surface area contributed by atoms with Gasteiger partial charge in [-0.1, -0.05) is 17.7 Å². The molecule has 6 heteroatoms. The topological polar surface area (TPSA) is 75.2 Å². The van der Waals surface area contributed by atoms with Crippen LogP contribution >= 0.6 is 23.4 Å². The minimum atomic E-state index is 0.262. The van der Waals surface area contributed by atoms with E-state index in [1.54, 1.807) is 18.9 Å². The normalized spacial score (nSPS) is 10.0. The van der Waals surface area contributed by atoms with Gasteiger partial charge in [0.05, 0.1) is 18.7 Å². The van der Waals surface area contributed by atoms with Crippen LogP contribution in [-0.2, 0) is 5.75 Å². The first-order valence-corrected chi connectivity index (χ1v) is 6.68. The summed E-state index contributed by atoms with van der Waals surface area (Å²) < 4.78 is 5.09. The Bertz CT molecular complexity index is 394. The van der Waals surface area contributed by atoms with Crippen LogP contribution in [0.1, 0.15) is 5.56 Å². The van der Waals surface area contributed by atoms with Crippen molar-refractivity contribution in [2.75, 3.05) is 19.4 Å². The molecule has 94 valence electrons. The first kappa shape index (κ1) is 14.0. The maximum absolute atomic E-state index is 6.03. The Kier molecular flexibility index (Phi) is 6.00. The molecular formula is C11H17ClN3OS+. The minimum absolute atomic E-state index is 0.262. The van der Waals surface area contributed by atoms with E-state index in [9.17, 15) is 0 Å². The lowest BCUT2D eigenvalue weighted by atomic mass is 10.2. The van der Waals surface area contributed by atoms with Crippen LogP contribution in [0.4, 0.5) is 0 Å². The van der Waals surface area contributed by atoms with E-state index in [1.807, 2.05) is 18.2 Å². The second kappa shape index (κ2) is 7.29. The fourth-order valence-corrected chi connectivity index (χ4v) is 2.34. The molecule has 0 fully saturated rings. The molecule has 5 N–H and O–H groups in total. The molecule has 0 aliphatic heterocycles. The molecule has 0 unspecified atom stereocenters. The van der Waals surface area contributed by atoms with E-state index in [2.05, 4.69) is 4.99 Å². The molecule has 0 aliphatic carbocycles. The average Bonchev–Trinajstić information content (AvgIpc) is 2.28. The molecule has 0 aliphatic rings. The maximum atomic E-state index is 6.03. The molecular weight excluding hydrogens is 258 g/mol. The van der Waals surface area contributed by atoms with E-state index in [4.69, 9.17) is 27.8 Å². The Labute approximate surface area is 110 Å². The van der Waals surface area contributed by atoms with E-state index in [1.165, 1.54) is 5.56 Å². The van der Waals surface area contributed by atoms with Crippen molar-refractivity contribution in [1.29, 1.82) is 0 Å².